The number of aromatic nitrogens is 1. The maximum absolute atomic E-state index is 4.82. The van der Waals surface area contributed by atoms with Gasteiger partial charge in [0.2, 0.25) is 0 Å². The fraction of sp³-hybridized carbons (Fsp3) is 0.800. The van der Waals surface area contributed by atoms with Gasteiger partial charge in [0.05, 0.1) is 10.7 Å². The van der Waals surface area contributed by atoms with Crippen molar-refractivity contribution < 1.29 is 0 Å². The van der Waals surface area contributed by atoms with Crippen LogP contribution in [0.2, 0.25) is 0 Å². The third kappa shape index (κ3) is 3.55. The highest BCUT2D eigenvalue weighted by atomic mass is 32.1. The zero-order valence-electron chi connectivity index (χ0n) is 11.9. The third-order valence-electron chi connectivity index (χ3n) is 4.26. The molecule has 0 spiro atoms. The molecule has 18 heavy (non-hydrogen) atoms. The van der Waals surface area contributed by atoms with Crippen molar-refractivity contribution >= 4 is 11.3 Å². The molecule has 3 heteroatoms. The summed E-state index contributed by atoms with van der Waals surface area (Å²) in [5, 5.41) is 6.83. The van der Waals surface area contributed by atoms with Crippen LogP contribution in [0.4, 0.5) is 0 Å². The molecule has 0 saturated heterocycles. The molecular formula is C15H26N2S. The average molecular weight is 266 g/mol. The standard InChI is InChI=1S/C15H26N2S/c1-11(2)12-4-6-13(7-5-12)15-17-14(10-18-15)8-9-16-3/h10-13,16H,4-9H2,1-3H3. The highest BCUT2D eigenvalue weighted by Gasteiger charge is 2.25. The van der Waals surface area contributed by atoms with Gasteiger partial charge in [-0.3, -0.25) is 0 Å². The predicted octanol–water partition coefficient (Wildman–Crippen LogP) is 3.83. The largest absolute Gasteiger partial charge is 0.319 e. The van der Waals surface area contributed by atoms with Gasteiger partial charge < -0.3 is 5.32 Å². The van der Waals surface area contributed by atoms with E-state index in [-0.39, 0.29) is 0 Å². The molecule has 0 aliphatic heterocycles. The van der Waals surface area contributed by atoms with E-state index in [0.717, 1.165) is 30.7 Å². The van der Waals surface area contributed by atoms with Crippen LogP contribution in [0.5, 0.6) is 0 Å². The van der Waals surface area contributed by atoms with E-state index in [1.54, 1.807) is 0 Å². The van der Waals surface area contributed by atoms with Gasteiger partial charge in [0, 0.05) is 24.3 Å². The van der Waals surface area contributed by atoms with Crippen molar-refractivity contribution in [1.82, 2.24) is 10.3 Å². The van der Waals surface area contributed by atoms with Crippen molar-refractivity contribution in [2.24, 2.45) is 11.8 Å². The Bertz CT molecular complexity index is 351. The lowest BCUT2D eigenvalue weighted by atomic mass is 9.77. The summed E-state index contributed by atoms with van der Waals surface area (Å²) in [6.07, 6.45) is 6.56. The highest BCUT2D eigenvalue weighted by Crippen LogP contribution is 2.39. The third-order valence-corrected chi connectivity index (χ3v) is 5.32. The molecule has 0 atom stereocenters. The second kappa shape index (κ2) is 6.67. The number of thiazole rings is 1. The maximum atomic E-state index is 4.82. The van der Waals surface area contributed by atoms with Crippen LogP contribution in [0.15, 0.2) is 5.38 Å². The molecule has 1 N–H and O–H groups in total. The molecule has 2 nitrogen and oxygen atoms in total. The molecule has 1 aliphatic rings. The van der Waals surface area contributed by atoms with E-state index < -0.39 is 0 Å². The molecule has 1 fully saturated rings. The fourth-order valence-corrected chi connectivity index (χ4v) is 3.94. The van der Waals surface area contributed by atoms with Crippen LogP contribution in [-0.2, 0) is 6.42 Å². The highest BCUT2D eigenvalue weighted by molar-refractivity contribution is 7.09. The topological polar surface area (TPSA) is 24.9 Å². The minimum Gasteiger partial charge on any atom is -0.319 e. The molecular weight excluding hydrogens is 240 g/mol. The summed E-state index contributed by atoms with van der Waals surface area (Å²) in [7, 11) is 2.00. The molecule has 1 aromatic rings. The van der Waals surface area contributed by atoms with Crippen molar-refractivity contribution in [3.63, 3.8) is 0 Å². The van der Waals surface area contributed by atoms with Crippen LogP contribution < -0.4 is 5.32 Å². The van der Waals surface area contributed by atoms with Crippen LogP contribution in [0.25, 0.3) is 0 Å². The van der Waals surface area contributed by atoms with Gasteiger partial charge in [-0.1, -0.05) is 13.8 Å². The van der Waals surface area contributed by atoms with Crippen molar-refractivity contribution in [2.75, 3.05) is 13.6 Å². The lowest BCUT2D eigenvalue weighted by Gasteiger charge is -2.29. The zero-order chi connectivity index (χ0) is 13.0. The van der Waals surface area contributed by atoms with Gasteiger partial charge in [-0.05, 0) is 44.6 Å². The monoisotopic (exact) mass is 266 g/mol. The number of nitrogens with one attached hydrogen (secondary N) is 1. The summed E-state index contributed by atoms with van der Waals surface area (Å²) < 4.78 is 0. The number of hydrogen-bond acceptors (Lipinski definition) is 3. The maximum Gasteiger partial charge on any atom is 0.0959 e. The SMILES string of the molecule is CNCCc1csc(C2CCC(C(C)C)CC2)n1. The van der Waals surface area contributed by atoms with E-state index in [0.29, 0.717) is 0 Å². The molecule has 1 saturated carbocycles. The molecule has 1 aliphatic carbocycles. The van der Waals surface area contributed by atoms with Gasteiger partial charge >= 0.3 is 0 Å². The summed E-state index contributed by atoms with van der Waals surface area (Å²) in [5.74, 6) is 2.55. The first-order chi connectivity index (χ1) is 8.70. The van der Waals surface area contributed by atoms with E-state index in [1.807, 2.05) is 18.4 Å². The average Bonchev–Trinajstić information content (AvgIpc) is 2.85. The molecule has 0 radical (unpaired) electrons. The summed E-state index contributed by atoms with van der Waals surface area (Å²) in [4.78, 5) is 4.82. The predicted molar refractivity (Wildman–Crippen MR) is 79.3 cm³/mol. The van der Waals surface area contributed by atoms with Crippen LogP contribution in [0.3, 0.4) is 0 Å². The summed E-state index contributed by atoms with van der Waals surface area (Å²) in [5.41, 5.74) is 1.27. The Labute approximate surface area is 115 Å². The lowest BCUT2D eigenvalue weighted by molar-refractivity contribution is 0.258. The van der Waals surface area contributed by atoms with Gasteiger partial charge in [0.15, 0.2) is 0 Å². The fourth-order valence-electron chi connectivity index (χ4n) is 2.91. The molecule has 1 heterocycles. The first kappa shape index (κ1) is 14.0. The summed E-state index contributed by atoms with van der Waals surface area (Å²) >= 11 is 1.88. The quantitative estimate of drug-likeness (QED) is 0.876. The Balaban J connectivity index is 1.87. The van der Waals surface area contributed by atoms with Crippen LogP contribution in [0, 0.1) is 11.8 Å². The van der Waals surface area contributed by atoms with Crippen molar-refractivity contribution in [1.29, 1.82) is 0 Å². The first-order valence-electron chi connectivity index (χ1n) is 7.29. The van der Waals surface area contributed by atoms with Gasteiger partial charge in [-0.2, -0.15) is 0 Å². The number of hydrogen-bond donors (Lipinski definition) is 1. The van der Waals surface area contributed by atoms with Crippen molar-refractivity contribution in [3.05, 3.63) is 16.1 Å². The summed E-state index contributed by atoms with van der Waals surface area (Å²) in [6, 6.07) is 0. The Kier molecular flexibility index (Phi) is 5.19. The first-order valence-corrected chi connectivity index (χ1v) is 8.17. The molecule has 0 aromatic carbocycles. The number of rotatable bonds is 5. The normalized spacial score (nSPS) is 24.7. The molecule has 0 unspecified atom stereocenters. The van der Waals surface area contributed by atoms with E-state index in [1.165, 1.54) is 36.4 Å². The van der Waals surface area contributed by atoms with Crippen LogP contribution in [0.1, 0.15) is 56.2 Å². The van der Waals surface area contributed by atoms with Crippen molar-refractivity contribution in [3.8, 4) is 0 Å². The number of likely N-dealkylation sites (N-methyl/N-ethyl adjacent to an activating group) is 1. The van der Waals surface area contributed by atoms with E-state index in [9.17, 15) is 0 Å². The second-order valence-corrected chi connectivity index (χ2v) is 6.78. The summed E-state index contributed by atoms with van der Waals surface area (Å²) in [6.45, 7) is 5.76. The minimum atomic E-state index is 0.744. The minimum absolute atomic E-state index is 0.744. The van der Waals surface area contributed by atoms with E-state index >= 15 is 0 Å². The Hall–Kier alpha value is -0.410. The van der Waals surface area contributed by atoms with Gasteiger partial charge in [-0.15, -0.1) is 11.3 Å². The Morgan fingerprint density at radius 1 is 1.33 bits per heavy atom. The molecule has 102 valence electrons. The molecule has 1 aromatic heterocycles. The number of nitrogens with zero attached hydrogens (tertiary/aromatic N) is 1. The zero-order valence-corrected chi connectivity index (χ0v) is 12.7. The van der Waals surface area contributed by atoms with Crippen LogP contribution in [-0.4, -0.2) is 18.6 Å². The second-order valence-electron chi connectivity index (χ2n) is 5.89. The van der Waals surface area contributed by atoms with Crippen LogP contribution >= 0.6 is 11.3 Å². The van der Waals surface area contributed by atoms with E-state index in [4.69, 9.17) is 4.98 Å². The van der Waals surface area contributed by atoms with Gasteiger partial charge in [0.25, 0.3) is 0 Å². The molecule has 0 bridgehead atoms. The Morgan fingerprint density at radius 3 is 2.67 bits per heavy atom. The van der Waals surface area contributed by atoms with Crippen molar-refractivity contribution in [2.45, 2.75) is 51.9 Å². The van der Waals surface area contributed by atoms with Gasteiger partial charge in [0.1, 0.15) is 0 Å². The van der Waals surface area contributed by atoms with E-state index in [2.05, 4.69) is 24.5 Å². The van der Waals surface area contributed by atoms with Gasteiger partial charge in [-0.25, -0.2) is 4.98 Å². The molecule has 2 rings (SSSR count). The Morgan fingerprint density at radius 2 is 2.06 bits per heavy atom. The lowest BCUT2D eigenvalue weighted by Crippen LogP contribution is -2.17. The smallest absolute Gasteiger partial charge is 0.0959 e. The molecule has 0 amide bonds.